The lowest BCUT2D eigenvalue weighted by atomic mass is 9.93. The topological polar surface area (TPSA) is 9.86 Å². The Morgan fingerprint density at radius 1 is 0.214 bits per heavy atom. The third-order valence-corrected chi connectivity index (χ3v) is 11.3. The van der Waals surface area contributed by atoms with E-state index in [-0.39, 0.29) is 0 Å². The summed E-state index contributed by atoms with van der Waals surface area (Å²) in [6.07, 6.45) is 0. The molecule has 0 spiro atoms. The molecule has 2 nitrogen and oxygen atoms in total. The summed E-state index contributed by atoms with van der Waals surface area (Å²) in [6.45, 7) is 0. The molecule has 56 heavy (non-hydrogen) atoms. The van der Waals surface area contributed by atoms with Gasteiger partial charge in [0.1, 0.15) is 0 Å². The van der Waals surface area contributed by atoms with Crippen LogP contribution >= 0.6 is 0 Å². The van der Waals surface area contributed by atoms with Gasteiger partial charge in [0.25, 0.3) is 0 Å². The summed E-state index contributed by atoms with van der Waals surface area (Å²) in [5, 5.41) is 4.97. The molecule has 9 aromatic carbocycles. The molecule has 11 rings (SSSR count). The number of hydrogen-bond donors (Lipinski definition) is 0. The predicted octanol–water partition coefficient (Wildman–Crippen LogP) is 14.5. The van der Waals surface area contributed by atoms with Crippen molar-refractivity contribution in [3.05, 3.63) is 218 Å². The molecule has 0 unspecified atom stereocenters. The first-order valence-electron chi connectivity index (χ1n) is 19.3. The summed E-state index contributed by atoms with van der Waals surface area (Å²) >= 11 is 0. The molecule has 2 heteroatoms. The van der Waals surface area contributed by atoms with Gasteiger partial charge in [-0.1, -0.05) is 164 Å². The van der Waals surface area contributed by atoms with E-state index in [0.29, 0.717) is 0 Å². The van der Waals surface area contributed by atoms with Crippen LogP contribution in [0.15, 0.2) is 218 Å². The molecule has 0 N–H and O–H groups in total. The van der Waals surface area contributed by atoms with Gasteiger partial charge in [0.2, 0.25) is 0 Å². The molecule has 0 fully saturated rings. The van der Waals surface area contributed by atoms with Gasteiger partial charge in [-0.2, -0.15) is 0 Å². The van der Waals surface area contributed by atoms with E-state index >= 15 is 0 Å². The van der Waals surface area contributed by atoms with E-state index in [1.807, 2.05) is 0 Å². The second kappa shape index (κ2) is 13.2. The largest absolute Gasteiger partial charge is 0.307 e. The predicted molar refractivity (Wildman–Crippen MR) is 237 cm³/mol. The lowest BCUT2D eigenvalue weighted by Crippen LogP contribution is -1.99. The fraction of sp³-hybridized carbons (Fsp3) is 0. The first kappa shape index (κ1) is 32.0. The van der Waals surface area contributed by atoms with Gasteiger partial charge in [-0.25, -0.2) is 0 Å². The van der Waals surface area contributed by atoms with Gasteiger partial charge in [-0.3, -0.25) is 0 Å². The third-order valence-electron chi connectivity index (χ3n) is 11.3. The highest BCUT2D eigenvalue weighted by Crippen LogP contribution is 2.42. The van der Waals surface area contributed by atoms with E-state index < -0.39 is 0 Å². The van der Waals surface area contributed by atoms with E-state index in [2.05, 4.69) is 228 Å². The van der Waals surface area contributed by atoms with Crippen molar-refractivity contribution in [3.8, 4) is 55.9 Å². The van der Waals surface area contributed by atoms with Gasteiger partial charge in [-0.15, -0.1) is 0 Å². The van der Waals surface area contributed by atoms with Crippen molar-refractivity contribution in [2.75, 3.05) is 0 Å². The summed E-state index contributed by atoms with van der Waals surface area (Å²) < 4.78 is 4.95. The molecule has 0 atom stereocenters. The number of aromatic nitrogens is 2. The van der Waals surface area contributed by atoms with Crippen molar-refractivity contribution in [2.24, 2.45) is 0 Å². The minimum Gasteiger partial charge on any atom is -0.307 e. The first-order chi connectivity index (χ1) is 27.8. The fourth-order valence-corrected chi connectivity index (χ4v) is 8.68. The molecule has 0 aliphatic carbocycles. The van der Waals surface area contributed by atoms with E-state index in [4.69, 9.17) is 0 Å². The zero-order chi connectivity index (χ0) is 37.0. The number of rotatable bonds is 6. The van der Waals surface area contributed by atoms with Crippen molar-refractivity contribution < 1.29 is 0 Å². The Balaban J connectivity index is 1.14. The van der Waals surface area contributed by atoms with Crippen LogP contribution in [-0.2, 0) is 0 Å². The quantitative estimate of drug-likeness (QED) is 0.162. The van der Waals surface area contributed by atoms with Gasteiger partial charge in [0.15, 0.2) is 0 Å². The van der Waals surface area contributed by atoms with Crippen LogP contribution in [-0.4, -0.2) is 9.13 Å². The summed E-state index contributed by atoms with van der Waals surface area (Å²) in [5.74, 6) is 0. The van der Waals surface area contributed by atoms with Crippen LogP contribution in [0, 0.1) is 0 Å². The Hall–Kier alpha value is -7.42. The zero-order valence-corrected chi connectivity index (χ0v) is 30.7. The number of nitrogens with zero attached hydrogens (tertiary/aromatic N) is 2. The van der Waals surface area contributed by atoms with Crippen LogP contribution in [0.3, 0.4) is 0 Å². The molecule has 0 radical (unpaired) electrons. The van der Waals surface area contributed by atoms with Gasteiger partial charge in [0.05, 0.1) is 22.1 Å². The van der Waals surface area contributed by atoms with Crippen molar-refractivity contribution in [2.45, 2.75) is 0 Å². The summed E-state index contributed by atoms with van der Waals surface area (Å²) in [6, 6.07) is 79.4. The molecule has 11 aromatic rings. The highest BCUT2D eigenvalue weighted by Gasteiger charge is 2.21. The van der Waals surface area contributed by atoms with E-state index in [1.165, 1.54) is 88.1 Å². The van der Waals surface area contributed by atoms with Crippen LogP contribution in [0.25, 0.3) is 99.5 Å². The number of para-hydroxylation sites is 2. The third kappa shape index (κ3) is 5.26. The van der Waals surface area contributed by atoms with Crippen LogP contribution in [0.2, 0.25) is 0 Å². The Labute approximate surface area is 325 Å². The smallest absolute Gasteiger partial charge is 0.0788 e. The SMILES string of the molecule is c1ccc(-c2cc(-c3ccccc3)cc(-c3ccc(-n4c5ccccc5c5ccc6c7ccccc7n(-c7cccc(-c8ccccc8)c7)c6c54)cc3)c2)cc1. The van der Waals surface area contributed by atoms with Crippen LogP contribution < -0.4 is 0 Å². The van der Waals surface area contributed by atoms with Gasteiger partial charge < -0.3 is 9.13 Å². The second-order valence-corrected chi connectivity index (χ2v) is 14.6. The molecule has 0 bridgehead atoms. The maximum Gasteiger partial charge on any atom is 0.0788 e. The molecule has 0 aliphatic rings. The Morgan fingerprint density at radius 2 is 0.607 bits per heavy atom. The van der Waals surface area contributed by atoms with Gasteiger partial charge >= 0.3 is 0 Å². The summed E-state index contributed by atoms with van der Waals surface area (Å²) in [4.78, 5) is 0. The van der Waals surface area contributed by atoms with Crippen molar-refractivity contribution in [1.29, 1.82) is 0 Å². The fourth-order valence-electron chi connectivity index (χ4n) is 8.68. The standard InChI is InChI=1S/C54H36N2/c1-4-15-37(16-5-1)41-21-14-22-46(36-41)56-52-26-13-11-24-48(52)50-32-31-49-47-23-10-12-25-51(47)55(53(49)54(50)56)45-29-27-40(28-30-45)44-34-42(38-17-6-2-7-18-38)33-43(35-44)39-19-8-3-9-20-39/h1-36H. The van der Waals surface area contributed by atoms with Gasteiger partial charge in [0, 0.05) is 32.9 Å². The van der Waals surface area contributed by atoms with E-state index in [1.54, 1.807) is 0 Å². The highest BCUT2D eigenvalue weighted by atomic mass is 15.0. The lowest BCUT2D eigenvalue weighted by Gasteiger charge is -2.14. The average Bonchev–Trinajstić information content (AvgIpc) is 3.80. The van der Waals surface area contributed by atoms with Crippen LogP contribution in [0.4, 0.5) is 0 Å². The number of fused-ring (bicyclic) bond motifs is 7. The molecule has 0 aliphatic heterocycles. The van der Waals surface area contributed by atoms with Crippen molar-refractivity contribution in [3.63, 3.8) is 0 Å². The maximum absolute atomic E-state index is 2.48. The molecule has 262 valence electrons. The van der Waals surface area contributed by atoms with Gasteiger partial charge in [-0.05, 0) is 99.1 Å². The molecular weight excluding hydrogens is 677 g/mol. The zero-order valence-electron chi connectivity index (χ0n) is 30.7. The second-order valence-electron chi connectivity index (χ2n) is 14.6. The number of hydrogen-bond acceptors (Lipinski definition) is 0. The highest BCUT2D eigenvalue weighted by molar-refractivity contribution is 6.23. The summed E-state index contributed by atoms with van der Waals surface area (Å²) in [5.41, 5.74) is 16.7. The molecule has 2 heterocycles. The molecular formula is C54H36N2. The lowest BCUT2D eigenvalue weighted by molar-refractivity contribution is 1.15. The minimum absolute atomic E-state index is 1.13. The Bertz CT molecular complexity index is 3150. The van der Waals surface area contributed by atoms with Crippen LogP contribution in [0.1, 0.15) is 0 Å². The Kier molecular flexibility index (Phi) is 7.53. The number of benzene rings is 9. The maximum atomic E-state index is 2.48. The first-order valence-corrected chi connectivity index (χ1v) is 19.3. The molecule has 0 amide bonds. The molecule has 2 aromatic heterocycles. The molecule has 0 saturated carbocycles. The van der Waals surface area contributed by atoms with Crippen molar-refractivity contribution >= 4 is 43.6 Å². The monoisotopic (exact) mass is 712 g/mol. The summed E-state index contributed by atoms with van der Waals surface area (Å²) in [7, 11) is 0. The van der Waals surface area contributed by atoms with Crippen LogP contribution in [0.5, 0.6) is 0 Å². The Morgan fingerprint density at radius 3 is 1.11 bits per heavy atom. The van der Waals surface area contributed by atoms with E-state index in [9.17, 15) is 0 Å². The average molecular weight is 713 g/mol. The van der Waals surface area contributed by atoms with Crippen molar-refractivity contribution in [1.82, 2.24) is 9.13 Å². The molecule has 0 saturated heterocycles. The minimum atomic E-state index is 1.13. The van der Waals surface area contributed by atoms with E-state index in [0.717, 1.165) is 11.4 Å². The normalized spacial score (nSPS) is 11.6.